The third-order valence-electron chi connectivity index (χ3n) is 3.59. The van der Waals surface area contributed by atoms with E-state index < -0.39 is 5.97 Å². The molecule has 1 fully saturated rings. The molecule has 0 aliphatic heterocycles. The molecule has 0 bridgehead atoms. The molecule has 1 aliphatic carbocycles. The molecule has 2 atom stereocenters. The molecule has 0 radical (unpaired) electrons. The fraction of sp³-hybridized carbons (Fsp3) is 0.533. The summed E-state index contributed by atoms with van der Waals surface area (Å²) in [5.74, 6) is -1.02. The van der Waals surface area contributed by atoms with Gasteiger partial charge >= 0.3 is 5.97 Å². The summed E-state index contributed by atoms with van der Waals surface area (Å²) in [6.45, 7) is 0.610. The van der Waals surface area contributed by atoms with Crippen molar-refractivity contribution in [1.82, 2.24) is 0 Å². The lowest BCUT2D eigenvalue weighted by Crippen LogP contribution is -2.34. The molecule has 3 nitrogen and oxygen atoms in total. The van der Waals surface area contributed by atoms with Gasteiger partial charge in [-0.1, -0.05) is 43.2 Å². The Hall–Kier alpha value is -1.35. The Morgan fingerprint density at radius 1 is 1.22 bits per heavy atom. The van der Waals surface area contributed by atoms with Gasteiger partial charge in [-0.15, -0.1) is 0 Å². The molecule has 0 amide bonds. The molecule has 1 aliphatic rings. The van der Waals surface area contributed by atoms with Gasteiger partial charge < -0.3 is 9.84 Å². The van der Waals surface area contributed by atoms with Crippen LogP contribution in [0.1, 0.15) is 31.2 Å². The fourth-order valence-electron chi connectivity index (χ4n) is 2.55. The van der Waals surface area contributed by atoms with E-state index in [2.05, 4.69) is 12.1 Å². The lowest BCUT2D eigenvalue weighted by atomic mass is 9.86. The van der Waals surface area contributed by atoms with Crippen LogP contribution in [0.4, 0.5) is 0 Å². The molecule has 3 heteroatoms. The van der Waals surface area contributed by atoms with Crippen LogP contribution in [0.25, 0.3) is 0 Å². The highest BCUT2D eigenvalue weighted by molar-refractivity contribution is 5.70. The molecule has 18 heavy (non-hydrogen) atoms. The number of aliphatic carboxylic acids is 1. The van der Waals surface area contributed by atoms with Crippen molar-refractivity contribution in [2.75, 3.05) is 6.61 Å². The molecular weight excluding hydrogens is 228 g/mol. The second kappa shape index (κ2) is 6.55. The predicted octanol–water partition coefficient (Wildman–Crippen LogP) is 2.89. The van der Waals surface area contributed by atoms with Crippen LogP contribution in [0.3, 0.4) is 0 Å². The van der Waals surface area contributed by atoms with Gasteiger partial charge in [0.25, 0.3) is 0 Å². The smallest absolute Gasteiger partial charge is 0.309 e. The van der Waals surface area contributed by atoms with Crippen LogP contribution in [0.15, 0.2) is 30.3 Å². The number of hydrogen-bond donors (Lipinski definition) is 1. The molecule has 1 N–H and O–H groups in total. The van der Waals surface area contributed by atoms with Crippen LogP contribution in [-0.4, -0.2) is 23.8 Å². The Morgan fingerprint density at radius 2 is 1.94 bits per heavy atom. The van der Waals surface area contributed by atoms with E-state index in [1.165, 1.54) is 5.56 Å². The maximum atomic E-state index is 11.1. The zero-order chi connectivity index (χ0) is 12.8. The lowest BCUT2D eigenvalue weighted by molar-refractivity contribution is -0.149. The molecule has 1 aromatic carbocycles. The Balaban J connectivity index is 1.79. The van der Waals surface area contributed by atoms with Gasteiger partial charge in [-0.25, -0.2) is 0 Å². The van der Waals surface area contributed by atoms with Gasteiger partial charge in [-0.2, -0.15) is 0 Å². The van der Waals surface area contributed by atoms with Gasteiger partial charge in [0, 0.05) is 0 Å². The number of carboxylic acids is 1. The van der Waals surface area contributed by atoms with Crippen LogP contribution in [0.5, 0.6) is 0 Å². The molecule has 0 spiro atoms. The highest BCUT2D eigenvalue weighted by atomic mass is 16.5. The average Bonchev–Trinajstić information content (AvgIpc) is 2.40. The normalized spacial score (nSPS) is 23.8. The maximum absolute atomic E-state index is 11.1. The van der Waals surface area contributed by atoms with E-state index in [1.807, 2.05) is 18.2 Å². The summed E-state index contributed by atoms with van der Waals surface area (Å²) in [5.41, 5.74) is 1.24. The van der Waals surface area contributed by atoms with E-state index in [1.54, 1.807) is 0 Å². The Morgan fingerprint density at radius 3 is 2.67 bits per heavy atom. The van der Waals surface area contributed by atoms with E-state index >= 15 is 0 Å². The summed E-state index contributed by atoms with van der Waals surface area (Å²) in [7, 11) is 0. The standard InChI is InChI=1S/C15H20O3/c16-15(17)13-8-4-5-9-14(13)18-11-10-12-6-2-1-3-7-12/h1-3,6-7,13-14H,4-5,8-11H2,(H,16,17). The van der Waals surface area contributed by atoms with Crippen LogP contribution in [0.2, 0.25) is 0 Å². The number of hydrogen-bond acceptors (Lipinski definition) is 2. The molecule has 0 heterocycles. The Bertz CT molecular complexity index is 375. The first kappa shape index (κ1) is 13.1. The van der Waals surface area contributed by atoms with Crippen molar-refractivity contribution in [2.24, 2.45) is 5.92 Å². The van der Waals surface area contributed by atoms with Crippen molar-refractivity contribution >= 4 is 5.97 Å². The summed E-state index contributed by atoms with van der Waals surface area (Å²) >= 11 is 0. The second-order valence-corrected chi connectivity index (χ2v) is 4.87. The topological polar surface area (TPSA) is 46.5 Å². The van der Waals surface area contributed by atoms with Gasteiger partial charge in [-0.05, 0) is 24.8 Å². The van der Waals surface area contributed by atoms with Crippen LogP contribution >= 0.6 is 0 Å². The van der Waals surface area contributed by atoms with E-state index in [-0.39, 0.29) is 12.0 Å². The Labute approximate surface area is 108 Å². The van der Waals surface area contributed by atoms with Crippen molar-refractivity contribution in [3.05, 3.63) is 35.9 Å². The van der Waals surface area contributed by atoms with Gasteiger partial charge in [0.1, 0.15) is 0 Å². The summed E-state index contributed by atoms with van der Waals surface area (Å²) < 4.78 is 5.78. The molecule has 2 unspecified atom stereocenters. The minimum Gasteiger partial charge on any atom is -0.481 e. The largest absolute Gasteiger partial charge is 0.481 e. The molecule has 0 saturated heterocycles. The molecule has 2 rings (SSSR count). The zero-order valence-corrected chi connectivity index (χ0v) is 10.5. The summed E-state index contributed by atoms with van der Waals surface area (Å²) in [4.78, 5) is 11.1. The third-order valence-corrected chi connectivity index (χ3v) is 3.59. The van der Waals surface area contributed by atoms with E-state index in [0.717, 1.165) is 32.1 Å². The third kappa shape index (κ3) is 3.57. The van der Waals surface area contributed by atoms with Crippen molar-refractivity contribution in [3.8, 4) is 0 Å². The maximum Gasteiger partial charge on any atom is 0.309 e. The van der Waals surface area contributed by atoms with E-state index in [4.69, 9.17) is 9.84 Å². The predicted molar refractivity (Wildman–Crippen MR) is 69.5 cm³/mol. The highest BCUT2D eigenvalue weighted by Gasteiger charge is 2.31. The van der Waals surface area contributed by atoms with E-state index in [9.17, 15) is 4.79 Å². The molecule has 98 valence electrons. The molecular formula is C15H20O3. The minimum absolute atomic E-state index is 0.0973. The monoisotopic (exact) mass is 248 g/mol. The summed E-state index contributed by atoms with van der Waals surface area (Å²) in [5, 5.41) is 9.15. The van der Waals surface area contributed by atoms with Gasteiger partial charge in [-0.3, -0.25) is 4.79 Å². The van der Waals surface area contributed by atoms with Crippen molar-refractivity contribution < 1.29 is 14.6 Å². The van der Waals surface area contributed by atoms with Gasteiger partial charge in [0.2, 0.25) is 0 Å². The second-order valence-electron chi connectivity index (χ2n) is 4.87. The summed E-state index contributed by atoms with van der Waals surface area (Å²) in [6.07, 6.45) is 4.48. The number of carboxylic acid groups (broad SMARTS) is 1. The van der Waals surface area contributed by atoms with E-state index in [0.29, 0.717) is 6.61 Å². The van der Waals surface area contributed by atoms with Crippen molar-refractivity contribution in [3.63, 3.8) is 0 Å². The SMILES string of the molecule is O=C(O)C1CCCCC1OCCc1ccccc1. The van der Waals surface area contributed by atoms with Crippen molar-refractivity contribution in [1.29, 1.82) is 0 Å². The quantitative estimate of drug-likeness (QED) is 0.871. The minimum atomic E-state index is -0.709. The first-order chi connectivity index (χ1) is 8.77. The Kier molecular flexibility index (Phi) is 4.76. The van der Waals surface area contributed by atoms with Crippen LogP contribution in [-0.2, 0) is 16.0 Å². The number of ether oxygens (including phenoxy) is 1. The molecule has 0 aromatic heterocycles. The summed E-state index contributed by atoms with van der Waals surface area (Å²) in [6, 6.07) is 10.1. The number of rotatable bonds is 5. The number of benzene rings is 1. The number of carbonyl (C=O) groups is 1. The van der Waals surface area contributed by atoms with Crippen molar-refractivity contribution in [2.45, 2.75) is 38.2 Å². The average molecular weight is 248 g/mol. The van der Waals surface area contributed by atoms with Crippen LogP contribution in [0, 0.1) is 5.92 Å². The first-order valence-corrected chi connectivity index (χ1v) is 6.65. The van der Waals surface area contributed by atoms with Crippen LogP contribution < -0.4 is 0 Å². The first-order valence-electron chi connectivity index (χ1n) is 6.65. The zero-order valence-electron chi connectivity index (χ0n) is 10.5. The van der Waals surface area contributed by atoms with Gasteiger partial charge in [0.05, 0.1) is 18.6 Å². The molecule has 1 aromatic rings. The highest BCUT2D eigenvalue weighted by Crippen LogP contribution is 2.27. The fourth-order valence-corrected chi connectivity index (χ4v) is 2.55. The molecule has 1 saturated carbocycles. The van der Waals surface area contributed by atoms with Gasteiger partial charge in [0.15, 0.2) is 0 Å². The lowest BCUT2D eigenvalue weighted by Gasteiger charge is -2.28.